The second kappa shape index (κ2) is 11.4. The lowest BCUT2D eigenvalue weighted by atomic mass is 9.99. The van der Waals surface area contributed by atoms with Crippen molar-refractivity contribution in [1.82, 2.24) is 9.80 Å². The summed E-state index contributed by atoms with van der Waals surface area (Å²) in [5.41, 5.74) is 0. The molecule has 2 amide bonds. The van der Waals surface area contributed by atoms with Crippen LogP contribution < -0.4 is 0 Å². The summed E-state index contributed by atoms with van der Waals surface area (Å²) in [7, 11) is 1.29. The first-order chi connectivity index (χ1) is 15.4. The number of esters is 1. The first-order valence-electron chi connectivity index (χ1n) is 10.5. The monoisotopic (exact) mass is 468 g/mol. The average molecular weight is 469 g/mol. The van der Waals surface area contributed by atoms with Crippen molar-refractivity contribution >= 4 is 35.5 Å². The quantitative estimate of drug-likeness (QED) is 0.531. The Morgan fingerprint density at radius 2 is 1.97 bits per heavy atom. The molecule has 3 heterocycles. The van der Waals surface area contributed by atoms with Crippen LogP contribution in [0.4, 0.5) is 0 Å². The van der Waals surface area contributed by atoms with Gasteiger partial charge >= 0.3 is 11.9 Å². The van der Waals surface area contributed by atoms with Gasteiger partial charge in [-0.2, -0.15) is 11.8 Å². The van der Waals surface area contributed by atoms with Crippen LogP contribution in [0.1, 0.15) is 31.4 Å². The molecule has 0 aromatic carbocycles. The summed E-state index contributed by atoms with van der Waals surface area (Å²) >= 11 is 1.66. The Kier molecular flexibility index (Phi) is 8.57. The van der Waals surface area contributed by atoms with Crippen LogP contribution in [-0.2, 0) is 34.4 Å². The largest absolute Gasteiger partial charge is 0.480 e. The van der Waals surface area contributed by atoms with Crippen molar-refractivity contribution in [1.29, 1.82) is 0 Å². The zero-order valence-corrected chi connectivity index (χ0v) is 18.8. The Bertz CT molecular complexity index is 815. The van der Waals surface area contributed by atoms with Gasteiger partial charge in [0.25, 0.3) is 0 Å². The molecule has 0 unspecified atom stereocenters. The van der Waals surface area contributed by atoms with Gasteiger partial charge in [0.1, 0.15) is 31.1 Å². The number of furan rings is 1. The highest BCUT2D eigenvalue weighted by atomic mass is 32.2. The number of thioether (sulfide) groups is 1. The number of likely N-dealkylation sites (tertiary alicyclic amines) is 2. The molecule has 1 N–H and O–H groups in total. The van der Waals surface area contributed by atoms with Gasteiger partial charge in [0, 0.05) is 18.3 Å². The van der Waals surface area contributed by atoms with E-state index in [2.05, 4.69) is 0 Å². The van der Waals surface area contributed by atoms with Crippen LogP contribution in [0.5, 0.6) is 0 Å². The zero-order valence-electron chi connectivity index (χ0n) is 17.9. The number of carbonyl (C=O) groups excluding carboxylic acids is 3. The van der Waals surface area contributed by atoms with E-state index in [9.17, 15) is 19.2 Å². The van der Waals surface area contributed by atoms with Crippen LogP contribution >= 0.6 is 11.8 Å². The molecule has 176 valence electrons. The van der Waals surface area contributed by atoms with E-state index in [1.54, 1.807) is 18.0 Å². The van der Waals surface area contributed by atoms with Crippen LogP contribution in [0.25, 0.3) is 0 Å². The fourth-order valence-corrected chi connectivity index (χ4v) is 5.28. The van der Waals surface area contributed by atoms with E-state index in [1.807, 2.05) is 12.1 Å². The van der Waals surface area contributed by atoms with Gasteiger partial charge in [0.05, 0.1) is 19.1 Å². The number of aliphatic carboxylic acids is 1. The molecule has 3 rings (SSSR count). The van der Waals surface area contributed by atoms with Gasteiger partial charge in [-0.1, -0.05) is 0 Å². The minimum Gasteiger partial charge on any atom is -0.480 e. The lowest BCUT2D eigenvalue weighted by molar-refractivity contribution is -0.157. The van der Waals surface area contributed by atoms with E-state index in [1.165, 1.54) is 16.9 Å². The predicted octanol–water partition coefficient (Wildman–Crippen LogP) is 1.14. The van der Waals surface area contributed by atoms with Crippen LogP contribution in [0, 0.1) is 0 Å². The maximum atomic E-state index is 13.5. The number of rotatable bonds is 9. The van der Waals surface area contributed by atoms with Crippen molar-refractivity contribution in [3.63, 3.8) is 0 Å². The number of piperidine rings is 1. The molecule has 0 aliphatic carbocycles. The zero-order chi connectivity index (χ0) is 23.1. The van der Waals surface area contributed by atoms with E-state index in [0.29, 0.717) is 44.5 Å². The first-order valence-corrected chi connectivity index (χ1v) is 11.6. The smallest absolute Gasteiger partial charge is 0.329 e. The second-order valence-corrected chi connectivity index (χ2v) is 9.03. The van der Waals surface area contributed by atoms with Gasteiger partial charge in [0.15, 0.2) is 0 Å². The molecule has 2 aliphatic rings. The molecule has 2 fully saturated rings. The van der Waals surface area contributed by atoms with Gasteiger partial charge in [-0.3, -0.25) is 9.59 Å². The normalized spacial score (nSPS) is 23.2. The van der Waals surface area contributed by atoms with E-state index in [-0.39, 0.29) is 11.2 Å². The molecule has 0 spiro atoms. The number of nitrogens with zero attached hydrogens (tertiary/aromatic N) is 2. The Balaban J connectivity index is 1.70. The Hall–Kier alpha value is -2.53. The van der Waals surface area contributed by atoms with E-state index < -0.39 is 43.1 Å². The lowest BCUT2D eigenvalue weighted by Crippen LogP contribution is -2.57. The van der Waals surface area contributed by atoms with E-state index in [4.69, 9.17) is 19.0 Å². The summed E-state index contributed by atoms with van der Waals surface area (Å²) < 4.78 is 15.2. The van der Waals surface area contributed by atoms with Crippen molar-refractivity contribution < 1.29 is 38.2 Å². The molecule has 0 saturated carbocycles. The average Bonchev–Trinajstić information content (AvgIpc) is 3.48. The van der Waals surface area contributed by atoms with Crippen LogP contribution in [0.15, 0.2) is 22.8 Å². The molecule has 0 radical (unpaired) electrons. The molecule has 2 aliphatic heterocycles. The number of carbonyl (C=O) groups is 4. The van der Waals surface area contributed by atoms with E-state index >= 15 is 0 Å². The minimum atomic E-state index is -1.17. The number of carboxylic acid groups (broad SMARTS) is 1. The van der Waals surface area contributed by atoms with Crippen molar-refractivity contribution in [2.75, 3.05) is 33.4 Å². The first kappa shape index (κ1) is 24.1. The summed E-state index contributed by atoms with van der Waals surface area (Å²) in [6.07, 6.45) is 3.93. The predicted molar refractivity (Wildman–Crippen MR) is 114 cm³/mol. The summed E-state index contributed by atoms with van der Waals surface area (Å²) in [6.45, 7) is -0.230. The van der Waals surface area contributed by atoms with Gasteiger partial charge in [-0.05, 0) is 37.8 Å². The maximum Gasteiger partial charge on any atom is 0.329 e. The molecule has 1 aromatic rings. The van der Waals surface area contributed by atoms with Crippen molar-refractivity contribution in [2.45, 2.75) is 48.8 Å². The third kappa shape index (κ3) is 6.04. The standard InChI is InChI=1S/C21H28N2O8S/c1-29-21(28)16-5-2-7-23(16)20(27)17-10-15(32-13-14-4-3-9-31-14)6-8-22(17)18(24)11-30-12-19(25)26/h3-4,9,15-17H,2,5-8,10-13H2,1H3,(H,25,26)/t15-,16+,17-/m0/s1. The number of methoxy groups -OCH3 is 1. The number of ether oxygens (including phenoxy) is 2. The summed E-state index contributed by atoms with van der Waals surface area (Å²) in [5.74, 6) is -0.859. The molecule has 0 bridgehead atoms. The van der Waals surface area contributed by atoms with Gasteiger partial charge in [0.2, 0.25) is 11.8 Å². The molecule has 11 heteroatoms. The summed E-state index contributed by atoms with van der Waals surface area (Å²) in [6, 6.07) is 2.31. The Morgan fingerprint density at radius 3 is 2.66 bits per heavy atom. The summed E-state index contributed by atoms with van der Waals surface area (Å²) in [4.78, 5) is 52.0. The highest BCUT2D eigenvalue weighted by Crippen LogP contribution is 2.32. The third-order valence-corrected chi connectivity index (χ3v) is 7.01. The number of hydrogen-bond donors (Lipinski definition) is 1. The topological polar surface area (TPSA) is 127 Å². The lowest BCUT2D eigenvalue weighted by Gasteiger charge is -2.40. The molecule has 1 aromatic heterocycles. The van der Waals surface area contributed by atoms with Gasteiger partial charge in [-0.25, -0.2) is 9.59 Å². The Morgan fingerprint density at radius 1 is 1.16 bits per heavy atom. The molecular weight excluding hydrogens is 440 g/mol. The summed E-state index contributed by atoms with van der Waals surface area (Å²) in [5, 5.41) is 8.85. The molecular formula is C21H28N2O8S. The highest BCUT2D eigenvalue weighted by molar-refractivity contribution is 7.99. The fourth-order valence-electron chi connectivity index (χ4n) is 4.12. The van der Waals surface area contributed by atoms with Gasteiger partial charge < -0.3 is 28.8 Å². The Labute approximate surface area is 190 Å². The number of hydrogen-bond acceptors (Lipinski definition) is 8. The second-order valence-electron chi connectivity index (χ2n) is 7.74. The van der Waals surface area contributed by atoms with Crippen LogP contribution in [0.3, 0.4) is 0 Å². The van der Waals surface area contributed by atoms with Crippen molar-refractivity contribution in [2.24, 2.45) is 0 Å². The third-order valence-electron chi connectivity index (χ3n) is 5.66. The maximum absolute atomic E-state index is 13.5. The number of amides is 2. The van der Waals surface area contributed by atoms with Gasteiger partial charge in [-0.15, -0.1) is 0 Å². The molecule has 10 nitrogen and oxygen atoms in total. The molecule has 3 atom stereocenters. The molecule has 2 saturated heterocycles. The fraction of sp³-hybridized carbons (Fsp3) is 0.619. The van der Waals surface area contributed by atoms with Crippen LogP contribution in [0.2, 0.25) is 0 Å². The van der Waals surface area contributed by atoms with Crippen LogP contribution in [-0.4, -0.2) is 89.4 Å². The SMILES string of the molecule is COC(=O)[C@H]1CCCN1C(=O)[C@@H]1C[C@@H](SCc2ccco2)CCN1C(=O)COCC(=O)O. The van der Waals surface area contributed by atoms with E-state index in [0.717, 1.165) is 5.76 Å². The minimum absolute atomic E-state index is 0.122. The highest BCUT2D eigenvalue weighted by Gasteiger charge is 2.43. The van der Waals surface area contributed by atoms with Crippen molar-refractivity contribution in [3.05, 3.63) is 24.2 Å². The molecule has 32 heavy (non-hydrogen) atoms. The van der Waals surface area contributed by atoms with Crippen molar-refractivity contribution in [3.8, 4) is 0 Å². The number of carboxylic acids is 1.